The lowest BCUT2D eigenvalue weighted by atomic mass is 9.55. The van der Waals surface area contributed by atoms with Gasteiger partial charge in [-0.25, -0.2) is 0 Å². The van der Waals surface area contributed by atoms with Crippen molar-refractivity contribution in [3.05, 3.63) is 108 Å². The van der Waals surface area contributed by atoms with Crippen molar-refractivity contribution in [3.63, 3.8) is 0 Å². The molecule has 0 radical (unpaired) electrons. The minimum absolute atomic E-state index is 0.472. The zero-order valence-corrected chi connectivity index (χ0v) is 21.7. The first-order valence-electron chi connectivity index (χ1n) is 14.2. The van der Waals surface area contributed by atoms with Gasteiger partial charge in [-0.3, -0.25) is 0 Å². The Morgan fingerprint density at radius 2 is 1.32 bits per heavy atom. The predicted octanol–water partition coefficient (Wildman–Crippen LogP) is 9.54. The van der Waals surface area contributed by atoms with Crippen molar-refractivity contribution in [2.75, 3.05) is 5.32 Å². The first-order chi connectivity index (χ1) is 18.1. The zero-order chi connectivity index (χ0) is 24.6. The second-order valence-corrected chi connectivity index (χ2v) is 12.7. The third-order valence-electron chi connectivity index (χ3n) is 10.8. The summed E-state index contributed by atoms with van der Waals surface area (Å²) in [5.41, 5.74) is 11.6. The van der Waals surface area contributed by atoms with Crippen LogP contribution in [0.15, 0.2) is 97.1 Å². The van der Waals surface area contributed by atoms with Crippen LogP contribution in [-0.4, -0.2) is 0 Å². The lowest BCUT2D eigenvalue weighted by Gasteiger charge is -2.49. The number of benzene rings is 4. The lowest BCUT2D eigenvalue weighted by Crippen LogP contribution is -2.42. The maximum Gasteiger partial charge on any atom is 0.0414 e. The van der Waals surface area contributed by atoms with Gasteiger partial charge in [0, 0.05) is 11.4 Å². The number of rotatable bonds is 5. The molecular weight excluding hydrogens is 446 g/mol. The minimum atomic E-state index is 0.472. The van der Waals surface area contributed by atoms with E-state index in [1.165, 1.54) is 65.6 Å². The van der Waals surface area contributed by atoms with E-state index in [0.29, 0.717) is 5.41 Å². The van der Waals surface area contributed by atoms with Gasteiger partial charge in [-0.05, 0) is 126 Å². The van der Waals surface area contributed by atoms with Crippen molar-refractivity contribution in [2.45, 2.75) is 50.9 Å². The first-order valence-corrected chi connectivity index (χ1v) is 14.2. The van der Waals surface area contributed by atoms with Gasteiger partial charge in [0.15, 0.2) is 0 Å². The molecule has 1 spiro atoms. The molecule has 5 atom stereocenters. The molecule has 0 aromatic heterocycles. The molecule has 0 saturated heterocycles. The highest BCUT2D eigenvalue weighted by Crippen LogP contribution is 2.78. The highest BCUT2D eigenvalue weighted by molar-refractivity contribution is 5.72. The van der Waals surface area contributed by atoms with E-state index in [-0.39, 0.29) is 0 Å². The number of aryl methyl sites for hydroxylation is 1. The maximum absolute atomic E-state index is 3.70. The Labute approximate surface area is 221 Å². The minimum Gasteiger partial charge on any atom is -0.355 e. The quantitative estimate of drug-likeness (QED) is 0.299. The van der Waals surface area contributed by atoms with E-state index in [2.05, 4.69) is 109 Å². The monoisotopic (exact) mass is 481 g/mol. The molecule has 1 nitrogen and oxygen atoms in total. The number of hydrogen-bond acceptors (Lipinski definition) is 1. The molecule has 37 heavy (non-hydrogen) atoms. The molecule has 4 saturated carbocycles. The average Bonchev–Trinajstić information content (AvgIpc) is 3.25. The van der Waals surface area contributed by atoms with E-state index >= 15 is 0 Å². The molecule has 5 unspecified atom stereocenters. The standard InChI is InChI=1S/C36H35N/c1-24-17-30(35-20-25-18-31-19-32(22-35)36(31,21-25)23-35)13-16-34(24)37-33-14-11-29(12-15-33)28-9-7-27(8-10-28)26-5-3-2-4-6-26/h2-17,25,31-32,37H,18-23H2,1H3. The molecule has 184 valence electrons. The molecule has 0 heterocycles. The van der Waals surface area contributed by atoms with Gasteiger partial charge in [0.2, 0.25) is 0 Å². The molecule has 4 aliphatic rings. The van der Waals surface area contributed by atoms with Crippen LogP contribution in [0.4, 0.5) is 11.4 Å². The van der Waals surface area contributed by atoms with Crippen LogP contribution in [0.25, 0.3) is 22.3 Å². The summed E-state index contributed by atoms with van der Waals surface area (Å²) in [4.78, 5) is 0. The molecule has 4 aromatic rings. The van der Waals surface area contributed by atoms with Gasteiger partial charge in [-0.2, -0.15) is 0 Å². The van der Waals surface area contributed by atoms with Gasteiger partial charge in [0.05, 0.1) is 0 Å². The second-order valence-electron chi connectivity index (χ2n) is 12.7. The fraction of sp³-hybridized carbons (Fsp3) is 0.333. The van der Waals surface area contributed by atoms with Crippen molar-refractivity contribution in [1.82, 2.24) is 0 Å². The molecule has 4 fully saturated rings. The number of nitrogens with one attached hydrogen (secondary N) is 1. The third-order valence-corrected chi connectivity index (χ3v) is 10.8. The Morgan fingerprint density at radius 1 is 0.649 bits per heavy atom. The number of anilines is 2. The summed E-state index contributed by atoms with van der Waals surface area (Å²) in [5.74, 6) is 3.09. The van der Waals surface area contributed by atoms with Crippen LogP contribution in [0.2, 0.25) is 0 Å². The van der Waals surface area contributed by atoms with Crippen LogP contribution in [0.5, 0.6) is 0 Å². The van der Waals surface area contributed by atoms with E-state index in [1.807, 2.05) is 0 Å². The molecule has 1 heteroatoms. The summed E-state index contributed by atoms with van der Waals surface area (Å²) < 4.78 is 0. The molecule has 1 N–H and O–H groups in total. The second kappa shape index (κ2) is 7.84. The Hall–Kier alpha value is -3.32. The summed E-state index contributed by atoms with van der Waals surface area (Å²) in [6.07, 6.45) is 9.00. The Bertz CT molecular complexity index is 1460. The molecular formula is C36H35N. The first kappa shape index (κ1) is 21.7. The number of hydrogen-bond donors (Lipinski definition) is 1. The molecule has 4 aliphatic carbocycles. The smallest absolute Gasteiger partial charge is 0.0414 e. The largest absolute Gasteiger partial charge is 0.355 e. The molecule has 3 bridgehead atoms. The zero-order valence-electron chi connectivity index (χ0n) is 21.7. The molecule has 0 amide bonds. The topological polar surface area (TPSA) is 12.0 Å². The maximum atomic E-state index is 3.70. The van der Waals surface area contributed by atoms with Gasteiger partial charge < -0.3 is 5.32 Å². The van der Waals surface area contributed by atoms with E-state index in [0.717, 1.165) is 28.9 Å². The van der Waals surface area contributed by atoms with E-state index in [9.17, 15) is 0 Å². The van der Waals surface area contributed by atoms with Crippen molar-refractivity contribution >= 4 is 11.4 Å². The summed E-state index contributed by atoms with van der Waals surface area (Å²) in [5, 5.41) is 3.70. The van der Waals surface area contributed by atoms with E-state index < -0.39 is 0 Å². The summed E-state index contributed by atoms with van der Waals surface area (Å²) in [7, 11) is 0. The highest BCUT2D eigenvalue weighted by atomic mass is 14.9. The van der Waals surface area contributed by atoms with Crippen LogP contribution >= 0.6 is 0 Å². The van der Waals surface area contributed by atoms with Crippen molar-refractivity contribution in [2.24, 2.45) is 23.2 Å². The molecule has 4 aromatic carbocycles. The van der Waals surface area contributed by atoms with Gasteiger partial charge >= 0.3 is 0 Å². The van der Waals surface area contributed by atoms with Crippen molar-refractivity contribution in [1.29, 1.82) is 0 Å². The molecule has 0 aliphatic heterocycles. The summed E-state index contributed by atoms with van der Waals surface area (Å²) in [6.45, 7) is 2.28. The highest BCUT2D eigenvalue weighted by Gasteiger charge is 2.70. The Kier molecular flexibility index (Phi) is 4.61. The van der Waals surface area contributed by atoms with Crippen molar-refractivity contribution < 1.29 is 0 Å². The number of fused-ring (bicyclic) bond motifs is 2. The van der Waals surface area contributed by atoms with Crippen LogP contribution in [0.3, 0.4) is 0 Å². The van der Waals surface area contributed by atoms with E-state index in [4.69, 9.17) is 0 Å². The van der Waals surface area contributed by atoms with Gasteiger partial charge in [-0.15, -0.1) is 0 Å². The van der Waals surface area contributed by atoms with E-state index in [1.54, 1.807) is 12.0 Å². The van der Waals surface area contributed by atoms with Gasteiger partial charge in [0.1, 0.15) is 0 Å². The lowest BCUT2D eigenvalue weighted by molar-refractivity contribution is -0.000161. The van der Waals surface area contributed by atoms with Crippen LogP contribution in [0.1, 0.15) is 49.7 Å². The third kappa shape index (κ3) is 3.29. The Balaban J connectivity index is 0.994. The van der Waals surface area contributed by atoms with Crippen molar-refractivity contribution in [3.8, 4) is 22.3 Å². The van der Waals surface area contributed by atoms with Gasteiger partial charge in [-0.1, -0.05) is 78.9 Å². The SMILES string of the molecule is Cc1cc(C23CC4CC5CC(C2)C5(C4)C3)ccc1Nc1ccc(-c2ccc(-c3ccccc3)cc2)cc1. The predicted molar refractivity (Wildman–Crippen MR) is 154 cm³/mol. The van der Waals surface area contributed by atoms with Crippen LogP contribution < -0.4 is 5.32 Å². The average molecular weight is 482 g/mol. The van der Waals surface area contributed by atoms with Gasteiger partial charge in [0.25, 0.3) is 0 Å². The normalized spacial score (nSPS) is 30.7. The Morgan fingerprint density at radius 3 is 2.03 bits per heavy atom. The fourth-order valence-electron chi connectivity index (χ4n) is 9.22. The fourth-order valence-corrected chi connectivity index (χ4v) is 9.22. The molecule has 8 rings (SSSR count). The summed E-state index contributed by atoms with van der Waals surface area (Å²) >= 11 is 0. The van der Waals surface area contributed by atoms with Crippen LogP contribution in [0, 0.1) is 30.1 Å². The van der Waals surface area contributed by atoms with Crippen LogP contribution in [-0.2, 0) is 5.41 Å². The summed E-state index contributed by atoms with van der Waals surface area (Å²) in [6, 6.07) is 35.6.